The average molecular weight is 308 g/mol. The number of aryl methyl sites for hydroxylation is 1. The molecule has 106 valence electrons. The quantitative estimate of drug-likeness (QED) is 0.811. The minimum atomic E-state index is 0.368. The van der Waals surface area contributed by atoms with E-state index in [1.165, 1.54) is 5.56 Å². The Hall–Kier alpha value is -1.02. The van der Waals surface area contributed by atoms with Crippen molar-refractivity contribution in [1.29, 1.82) is 0 Å². The van der Waals surface area contributed by atoms with Gasteiger partial charge in [0.25, 0.3) is 0 Å². The molecular formula is C17H19Cl2N. The van der Waals surface area contributed by atoms with Crippen LogP contribution >= 0.6 is 23.2 Å². The van der Waals surface area contributed by atoms with Gasteiger partial charge < -0.3 is 5.32 Å². The molecule has 0 aliphatic rings. The maximum Gasteiger partial charge on any atom is 0.0453 e. The molecule has 0 aliphatic heterocycles. The van der Waals surface area contributed by atoms with Crippen LogP contribution in [0, 0.1) is 0 Å². The molecule has 1 N–H and O–H groups in total. The normalized spacial score (nSPS) is 12.3. The molecule has 0 spiro atoms. The van der Waals surface area contributed by atoms with Crippen LogP contribution in [-0.2, 0) is 12.8 Å². The summed E-state index contributed by atoms with van der Waals surface area (Å²) in [6.07, 6.45) is 2.96. The standard InChI is InChI=1S/C17H19Cl2N/c1-20-14(11-10-13-6-3-2-4-7-13)12-15-16(18)8-5-9-17(15)19/h2-9,14,20H,10-12H2,1H3. The van der Waals surface area contributed by atoms with Crippen LogP contribution in [0.1, 0.15) is 17.5 Å². The van der Waals surface area contributed by atoms with Crippen molar-refractivity contribution in [2.24, 2.45) is 0 Å². The molecule has 2 rings (SSSR count). The maximum atomic E-state index is 6.24. The minimum Gasteiger partial charge on any atom is -0.317 e. The summed E-state index contributed by atoms with van der Waals surface area (Å²) >= 11 is 12.5. The molecule has 3 heteroatoms. The molecule has 1 atom stereocenters. The van der Waals surface area contributed by atoms with Crippen molar-refractivity contribution < 1.29 is 0 Å². The molecule has 1 nitrogen and oxygen atoms in total. The fraction of sp³-hybridized carbons (Fsp3) is 0.294. The first kappa shape index (κ1) is 15.4. The molecule has 0 aliphatic carbocycles. The predicted octanol–water partition coefficient (Wildman–Crippen LogP) is 4.76. The van der Waals surface area contributed by atoms with Crippen LogP contribution in [0.5, 0.6) is 0 Å². The lowest BCUT2D eigenvalue weighted by molar-refractivity contribution is 0.520. The first-order chi connectivity index (χ1) is 9.70. The highest BCUT2D eigenvalue weighted by Crippen LogP contribution is 2.26. The van der Waals surface area contributed by atoms with E-state index in [-0.39, 0.29) is 0 Å². The molecule has 0 fully saturated rings. The van der Waals surface area contributed by atoms with Crippen molar-refractivity contribution in [3.05, 3.63) is 69.7 Å². The van der Waals surface area contributed by atoms with Gasteiger partial charge in [-0.05, 0) is 49.6 Å². The number of likely N-dealkylation sites (N-methyl/N-ethyl adjacent to an activating group) is 1. The zero-order valence-corrected chi connectivity index (χ0v) is 13.1. The summed E-state index contributed by atoms with van der Waals surface area (Å²) in [5.74, 6) is 0. The van der Waals surface area contributed by atoms with Gasteiger partial charge in [-0.15, -0.1) is 0 Å². The second-order valence-corrected chi connectivity index (χ2v) is 5.73. The number of halogens is 2. The van der Waals surface area contributed by atoms with E-state index in [2.05, 4.69) is 29.6 Å². The van der Waals surface area contributed by atoms with Crippen LogP contribution in [0.3, 0.4) is 0 Å². The molecule has 0 radical (unpaired) electrons. The lowest BCUT2D eigenvalue weighted by atomic mass is 9.99. The van der Waals surface area contributed by atoms with Gasteiger partial charge in [0.15, 0.2) is 0 Å². The van der Waals surface area contributed by atoms with E-state index >= 15 is 0 Å². The second kappa shape index (κ2) is 7.68. The maximum absolute atomic E-state index is 6.24. The van der Waals surface area contributed by atoms with Gasteiger partial charge in [0.1, 0.15) is 0 Å². The van der Waals surface area contributed by atoms with Crippen molar-refractivity contribution in [3.8, 4) is 0 Å². The third kappa shape index (κ3) is 4.24. The largest absolute Gasteiger partial charge is 0.317 e. The topological polar surface area (TPSA) is 12.0 Å². The summed E-state index contributed by atoms with van der Waals surface area (Å²) < 4.78 is 0. The number of nitrogens with one attached hydrogen (secondary N) is 1. The van der Waals surface area contributed by atoms with Crippen molar-refractivity contribution in [3.63, 3.8) is 0 Å². The Morgan fingerprint density at radius 3 is 2.20 bits per heavy atom. The van der Waals surface area contributed by atoms with Crippen molar-refractivity contribution in [2.45, 2.75) is 25.3 Å². The summed E-state index contributed by atoms with van der Waals surface area (Å²) in [7, 11) is 1.99. The summed E-state index contributed by atoms with van der Waals surface area (Å²) in [6.45, 7) is 0. The van der Waals surface area contributed by atoms with Gasteiger partial charge in [0, 0.05) is 16.1 Å². The Morgan fingerprint density at radius 1 is 0.950 bits per heavy atom. The highest BCUT2D eigenvalue weighted by atomic mass is 35.5. The van der Waals surface area contributed by atoms with E-state index in [4.69, 9.17) is 23.2 Å². The molecule has 20 heavy (non-hydrogen) atoms. The SMILES string of the molecule is CNC(CCc1ccccc1)Cc1c(Cl)cccc1Cl. The van der Waals surface area contributed by atoms with E-state index in [9.17, 15) is 0 Å². The minimum absolute atomic E-state index is 0.368. The third-order valence-electron chi connectivity index (χ3n) is 3.54. The molecule has 0 bridgehead atoms. The first-order valence-electron chi connectivity index (χ1n) is 6.84. The van der Waals surface area contributed by atoms with E-state index in [1.54, 1.807) is 0 Å². The third-order valence-corrected chi connectivity index (χ3v) is 4.25. The summed E-state index contributed by atoms with van der Waals surface area (Å²) in [4.78, 5) is 0. The van der Waals surface area contributed by atoms with Gasteiger partial charge in [-0.25, -0.2) is 0 Å². The smallest absolute Gasteiger partial charge is 0.0453 e. The molecule has 2 aromatic rings. The van der Waals surface area contributed by atoms with Crippen LogP contribution in [-0.4, -0.2) is 13.1 Å². The summed E-state index contributed by atoms with van der Waals surface area (Å²) in [5, 5.41) is 4.85. The van der Waals surface area contributed by atoms with Crippen molar-refractivity contribution in [1.82, 2.24) is 5.32 Å². The monoisotopic (exact) mass is 307 g/mol. The first-order valence-corrected chi connectivity index (χ1v) is 7.60. The highest BCUT2D eigenvalue weighted by molar-refractivity contribution is 6.36. The molecule has 0 heterocycles. The molecule has 2 aromatic carbocycles. The van der Waals surface area contributed by atoms with Crippen LogP contribution in [0.15, 0.2) is 48.5 Å². The van der Waals surface area contributed by atoms with Crippen LogP contribution < -0.4 is 5.32 Å². The molecule has 0 amide bonds. The van der Waals surface area contributed by atoms with Crippen molar-refractivity contribution in [2.75, 3.05) is 7.05 Å². The van der Waals surface area contributed by atoms with Gasteiger partial charge >= 0.3 is 0 Å². The number of hydrogen-bond donors (Lipinski definition) is 1. The number of benzene rings is 2. The summed E-state index contributed by atoms with van der Waals surface area (Å²) in [5.41, 5.74) is 2.39. The molecular weight excluding hydrogens is 289 g/mol. The van der Waals surface area contributed by atoms with E-state index in [0.717, 1.165) is 34.9 Å². The van der Waals surface area contributed by atoms with Crippen LogP contribution in [0.4, 0.5) is 0 Å². The van der Waals surface area contributed by atoms with Gasteiger partial charge in [0.05, 0.1) is 0 Å². The van der Waals surface area contributed by atoms with E-state index in [1.807, 2.05) is 31.3 Å². The Balaban J connectivity index is 1.99. The van der Waals surface area contributed by atoms with Gasteiger partial charge in [-0.1, -0.05) is 59.6 Å². The number of rotatable bonds is 6. The lowest BCUT2D eigenvalue weighted by Crippen LogP contribution is -2.28. The lowest BCUT2D eigenvalue weighted by Gasteiger charge is -2.18. The fourth-order valence-electron chi connectivity index (χ4n) is 2.31. The van der Waals surface area contributed by atoms with Gasteiger partial charge in [0.2, 0.25) is 0 Å². The summed E-state index contributed by atoms with van der Waals surface area (Å²) in [6, 6.07) is 16.6. The van der Waals surface area contributed by atoms with Crippen LogP contribution in [0.2, 0.25) is 10.0 Å². The van der Waals surface area contributed by atoms with Gasteiger partial charge in [-0.3, -0.25) is 0 Å². The second-order valence-electron chi connectivity index (χ2n) is 4.91. The van der Waals surface area contributed by atoms with Crippen molar-refractivity contribution >= 4 is 23.2 Å². The Morgan fingerprint density at radius 2 is 1.60 bits per heavy atom. The highest BCUT2D eigenvalue weighted by Gasteiger charge is 2.12. The Labute approximate surface area is 130 Å². The zero-order chi connectivity index (χ0) is 14.4. The average Bonchev–Trinajstić information content (AvgIpc) is 2.47. The van der Waals surface area contributed by atoms with Crippen LogP contribution in [0.25, 0.3) is 0 Å². The van der Waals surface area contributed by atoms with Gasteiger partial charge in [-0.2, -0.15) is 0 Å². The molecule has 1 unspecified atom stereocenters. The fourth-order valence-corrected chi connectivity index (χ4v) is 2.86. The van der Waals surface area contributed by atoms with E-state index < -0.39 is 0 Å². The molecule has 0 saturated carbocycles. The zero-order valence-electron chi connectivity index (χ0n) is 11.6. The molecule has 0 aromatic heterocycles. The Kier molecular flexibility index (Phi) is 5.90. The predicted molar refractivity (Wildman–Crippen MR) is 87.8 cm³/mol. The number of hydrogen-bond acceptors (Lipinski definition) is 1. The molecule has 0 saturated heterocycles. The Bertz CT molecular complexity index is 520. The van der Waals surface area contributed by atoms with E-state index in [0.29, 0.717) is 6.04 Å².